The van der Waals surface area contributed by atoms with Crippen LogP contribution in [0.25, 0.3) is 0 Å². The minimum atomic E-state index is 0.292. The number of nitrogens with one attached hydrogen (secondary N) is 1. The fraction of sp³-hybridized carbons (Fsp3) is 0.647. The summed E-state index contributed by atoms with van der Waals surface area (Å²) in [5.74, 6) is 3.15. The Labute approximate surface area is 148 Å². The minimum Gasteiger partial charge on any atom is -0.383 e. The number of methoxy groups -OCH3 is 1. The van der Waals surface area contributed by atoms with Crippen molar-refractivity contribution in [3.63, 3.8) is 0 Å². The molecule has 0 aliphatic heterocycles. The molecule has 0 amide bonds. The number of hydrogen-bond acceptors (Lipinski definition) is 7. The van der Waals surface area contributed by atoms with Crippen LogP contribution in [0.4, 0.5) is 0 Å². The first kappa shape index (κ1) is 17.9. The van der Waals surface area contributed by atoms with Crippen LogP contribution in [0, 0.1) is 13.8 Å². The Morgan fingerprint density at radius 1 is 1.20 bits per heavy atom. The second kappa shape index (κ2) is 7.99. The van der Waals surface area contributed by atoms with Crippen molar-refractivity contribution < 1.29 is 4.74 Å². The second-order valence-corrected chi connectivity index (χ2v) is 6.72. The summed E-state index contributed by atoms with van der Waals surface area (Å²) in [6.45, 7) is 6.57. The van der Waals surface area contributed by atoms with E-state index in [4.69, 9.17) is 10.5 Å². The molecule has 2 aromatic rings. The van der Waals surface area contributed by atoms with E-state index in [9.17, 15) is 0 Å². The third-order valence-corrected chi connectivity index (χ3v) is 4.51. The van der Waals surface area contributed by atoms with E-state index >= 15 is 0 Å². The number of hydrogen-bond donors (Lipinski definition) is 2. The van der Waals surface area contributed by atoms with Gasteiger partial charge in [0.25, 0.3) is 0 Å². The highest BCUT2D eigenvalue weighted by atomic mass is 16.5. The fourth-order valence-corrected chi connectivity index (χ4v) is 3.24. The van der Waals surface area contributed by atoms with Gasteiger partial charge in [-0.3, -0.25) is 0 Å². The van der Waals surface area contributed by atoms with Gasteiger partial charge >= 0.3 is 0 Å². The Balaban J connectivity index is 1.64. The van der Waals surface area contributed by atoms with Crippen LogP contribution >= 0.6 is 0 Å². The normalized spacial score (nSPS) is 19.8. The van der Waals surface area contributed by atoms with Gasteiger partial charge in [0.05, 0.1) is 19.7 Å². The van der Waals surface area contributed by atoms with Crippen molar-refractivity contribution in [2.75, 3.05) is 13.7 Å². The number of ether oxygens (including phenoxy) is 1. The molecule has 0 atom stereocenters. The van der Waals surface area contributed by atoms with Crippen LogP contribution < -0.4 is 11.1 Å². The van der Waals surface area contributed by atoms with Gasteiger partial charge in [0.2, 0.25) is 0 Å². The van der Waals surface area contributed by atoms with Crippen LogP contribution in [0.15, 0.2) is 6.07 Å². The number of nitrogens with zero attached hydrogens (tertiary/aromatic N) is 5. The van der Waals surface area contributed by atoms with Crippen molar-refractivity contribution in [1.82, 2.24) is 30.0 Å². The molecule has 8 heteroatoms. The van der Waals surface area contributed by atoms with Gasteiger partial charge in [-0.1, -0.05) is 0 Å². The monoisotopic (exact) mass is 345 g/mol. The zero-order valence-electron chi connectivity index (χ0n) is 15.2. The third-order valence-electron chi connectivity index (χ3n) is 4.51. The maximum Gasteiger partial charge on any atom is 0.147 e. The van der Waals surface area contributed by atoms with Crippen LogP contribution in [0.2, 0.25) is 0 Å². The summed E-state index contributed by atoms with van der Waals surface area (Å²) in [4.78, 5) is 8.90. The van der Waals surface area contributed by atoms with Crippen molar-refractivity contribution >= 4 is 0 Å². The van der Waals surface area contributed by atoms with Crippen molar-refractivity contribution in [2.45, 2.75) is 58.3 Å². The van der Waals surface area contributed by atoms with E-state index in [-0.39, 0.29) is 0 Å². The molecule has 2 aromatic heterocycles. The molecule has 0 spiro atoms. The highest BCUT2D eigenvalue weighted by Crippen LogP contribution is 2.34. The Morgan fingerprint density at radius 3 is 2.56 bits per heavy atom. The molecule has 1 saturated carbocycles. The molecular weight excluding hydrogens is 318 g/mol. The van der Waals surface area contributed by atoms with E-state index in [0.29, 0.717) is 31.7 Å². The first-order valence-electron chi connectivity index (χ1n) is 8.75. The zero-order valence-corrected chi connectivity index (χ0v) is 15.2. The van der Waals surface area contributed by atoms with Gasteiger partial charge in [0.15, 0.2) is 0 Å². The van der Waals surface area contributed by atoms with E-state index in [1.54, 1.807) is 7.11 Å². The number of aromatic nitrogens is 5. The maximum absolute atomic E-state index is 5.92. The second-order valence-electron chi connectivity index (χ2n) is 6.72. The summed E-state index contributed by atoms with van der Waals surface area (Å²) in [6, 6.07) is 2.27. The SMILES string of the molecule is COCCn1c(CNCc2nc(C)cc(C)n2)nnc1C1CC(N)C1. The molecule has 3 rings (SSSR count). The molecule has 0 saturated heterocycles. The van der Waals surface area contributed by atoms with Crippen molar-refractivity contribution in [1.29, 1.82) is 0 Å². The highest BCUT2D eigenvalue weighted by Gasteiger charge is 2.32. The lowest BCUT2D eigenvalue weighted by Crippen LogP contribution is -2.36. The molecule has 1 aliphatic carbocycles. The lowest BCUT2D eigenvalue weighted by molar-refractivity contribution is 0.183. The Morgan fingerprint density at radius 2 is 1.92 bits per heavy atom. The van der Waals surface area contributed by atoms with Crippen LogP contribution in [0.1, 0.15) is 47.6 Å². The van der Waals surface area contributed by atoms with Gasteiger partial charge < -0.3 is 20.4 Å². The first-order valence-corrected chi connectivity index (χ1v) is 8.75. The lowest BCUT2D eigenvalue weighted by Gasteiger charge is -2.31. The topological polar surface area (TPSA) is 104 Å². The molecule has 0 radical (unpaired) electrons. The van der Waals surface area contributed by atoms with E-state index in [0.717, 1.165) is 48.2 Å². The van der Waals surface area contributed by atoms with E-state index in [1.165, 1.54) is 0 Å². The summed E-state index contributed by atoms with van der Waals surface area (Å²) in [7, 11) is 1.71. The van der Waals surface area contributed by atoms with Crippen LogP contribution in [0.3, 0.4) is 0 Å². The molecule has 1 aliphatic rings. The van der Waals surface area contributed by atoms with Crippen LogP contribution in [0.5, 0.6) is 0 Å². The number of aryl methyl sites for hydroxylation is 2. The zero-order chi connectivity index (χ0) is 17.8. The quantitative estimate of drug-likeness (QED) is 0.730. The van der Waals surface area contributed by atoms with Gasteiger partial charge in [-0.15, -0.1) is 10.2 Å². The van der Waals surface area contributed by atoms with Gasteiger partial charge in [-0.25, -0.2) is 9.97 Å². The van der Waals surface area contributed by atoms with Crippen LogP contribution in [-0.4, -0.2) is 44.5 Å². The average Bonchev–Trinajstić information content (AvgIpc) is 2.91. The Bertz CT molecular complexity index is 689. The summed E-state index contributed by atoms with van der Waals surface area (Å²) in [5.41, 5.74) is 7.89. The summed E-state index contributed by atoms with van der Waals surface area (Å²) in [6.07, 6.45) is 1.96. The Kier molecular flexibility index (Phi) is 5.72. The lowest BCUT2D eigenvalue weighted by atomic mass is 9.80. The van der Waals surface area contributed by atoms with Crippen molar-refractivity contribution in [3.05, 3.63) is 34.9 Å². The predicted octanol–water partition coefficient (Wildman–Crippen LogP) is 0.826. The summed E-state index contributed by atoms with van der Waals surface area (Å²) in [5, 5.41) is 12.2. The maximum atomic E-state index is 5.92. The largest absolute Gasteiger partial charge is 0.383 e. The molecule has 0 bridgehead atoms. The molecule has 8 nitrogen and oxygen atoms in total. The third kappa shape index (κ3) is 4.39. The molecule has 0 unspecified atom stereocenters. The van der Waals surface area contributed by atoms with Gasteiger partial charge in [0.1, 0.15) is 17.5 Å². The van der Waals surface area contributed by atoms with E-state index in [1.807, 2.05) is 19.9 Å². The Hall–Kier alpha value is -1.90. The fourth-order valence-electron chi connectivity index (χ4n) is 3.24. The van der Waals surface area contributed by atoms with E-state index in [2.05, 4.69) is 30.0 Å². The highest BCUT2D eigenvalue weighted by molar-refractivity contribution is 5.10. The molecule has 1 fully saturated rings. The van der Waals surface area contributed by atoms with Crippen LogP contribution in [-0.2, 0) is 24.4 Å². The average molecular weight is 345 g/mol. The van der Waals surface area contributed by atoms with Gasteiger partial charge in [-0.2, -0.15) is 0 Å². The molecule has 2 heterocycles. The van der Waals surface area contributed by atoms with Crippen molar-refractivity contribution in [2.24, 2.45) is 5.73 Å². The molecule has 25 heavy (non-hydrogen) atoms. The molecule has 3 N–H and O–H groups in total. The first-order chi connectivity index (χ1) is 12.1. The van der Waals surface area contributed by atoms with Gasteiger partial charge in [0, 0.05) is 37.0 Å². The molecule has 0 aromatic carbocycles. The molecular formula is C17H27N7O. The van der Waals surface area contributed by atoms with Gasteiger partial charge in [-0.05, 0) is 32.8 Å². The summed E-state index contributed by atoms with van der Waals surface area (Å²) >= 11 is 0. The molecule has 136 valence electrons. The van der Waals surface area contributed by atoms with E-state index < -0.39 is 0 Å². The predicted molar refractivity (Wildman–Crippen MR) is 93.9 cm³/mol. The smallest absolute Gasteiger partial charge is 0.147 e. The number of nitrogens with two attached hydrogens (primary N) is 1. The summed E-state index contributed by atoms with van der Waals surface area (Å²) < 4.78 is 7.40. The standard InChI is InChI=1S/C17H27N7O/c1-11-6-12(2)21-15(20-11)9-19-10-16-22-23-17(13-7-14(18)8-13)24(16)4-5-25-3/h6,13-14,19H,4-5,7-10,18H2,1-3H3. The number of rotatable bonds is 8. The van der Waals surface area contributed by atoms with Crippen molar-refractivity contribution in [3.8, 4) is 0 Å². The minimum absolute atomic E-state index is 0.292.